The molecule has 0 bridgehead atoms. The molecule has 1 unspecified atom stereocenters. The van der Waals surface area contributed by atoms with Gasteiger partial charge in [0.1, 0.15) is 17.4 Å². The topological polar surface area (TPSA) is 49.4 Å². The quantitative estimate of drug-likeness (QED) is 0.913. The standard InChI is InChI=1S/C15H18ClFN2O2/c1-8(2)11-13(20)18-15(3,4)14(21)19(11)12-9(16)6-5-7-10(12)17/h5-8,11H,1-4H3,(H,18,20). The SMILES string of the molecule is CC(C)C1C(=O)NC(C)(C)C(=O)N1c1c(F)cccc1Cl. The molecule has 114 valence electrons. The van der Waals surface area contributed by atoms with Gasteiger partial charge in [0.15, 0.2) is 0 Å². The molecule has 1 aromatic rings. The van der Waals surface area contributed by atoms with Gasteiger partial charge in [-0.05, 0) is 31.9 Å². The monoisotopic (exact) mass is 312 g/mol. The van der Waals surface area contributed by atoms with Gasteiger partial charge in [0.2, 0.25) is 5.91 Å². The van der Waals surface area contributed by atoms with E-state index in [1.807, 2.05) is 0 Å². The van der Waals surface area contributed by atoms with Crippen LogP contribution in [0.15, 0.2) is 18.2 Å². The first-order valence-electron chi connectivity index (χ1n) is 6.76. The van der Waals surface area contributed by atoms with Crippen LogP contribution in [0.4, 0.5) is 10.1 Å². The Bertz CT molecular complexity index is 581. The number of carbonyl (C=O) groups is 2. The van der Waals surface area contributed by atoms with Crippen molar-refractivity contribution in [2.24, 2.45) is 5.92 Å². The normalized spacial score (nSPS) is 21.7. The minimum absolute atomic E-state index is 0.0363. The number of para-hydroxylation sites is 1. The minimum Gasteiger partial charge on any atom is -0.340 e. The predicted molar refractivity (Wildman–Crippen MR) is 79.7 cm³/mol. The van der Waals surface area contributed by atoms with E-state index in [4.69, 9.17) is 11.6 Å². The molecule has 2 amide bonds. The fraction of sp³-hybridized carbons (Fsp3) is 0.467. The van der Waals surface area contributed by atoms with Crippen molar-refractivity contribution in [3.05, 3.63) is 29.0 Å². The molecule has 1 N–H and O–H groups in total. The first kappa shape index (κ1) is 15.8. The maximum Gasteiger partial charge on any atom is 0.253 e. The average Bonchev–Trinajstić information content (AvgIpc) is 2.33. The number of piperazine rings is 1. The number of benzene rings is 1. The second kappa shape index (κ2) is 5.30. The molecule has 0 radical (unpaired) electrons. The Morgan fingerprint density at radius 2 is 1.95 bits per heavy atom. The van der Waals surface area contributed by atoms with Crippen LogP contribution in [0, 0.1) is 11.7 Å². The van der Waals surface area contributed by atoms with E-state index < -0.39 is 17.4 Å². The lowest BCUT2D eigenvalue weighted by Crippen LogP contribution is -2.69. The van der Waals surface area contributed by atoms with Crippen molar-refractivity contribution in [2.75, 3.05) is 4.90 Å². The first-order chi connectivity index (χ1) is 9.66. The molecule has 6 heteroatoms. The fourth-order valence-electron chi connectivity index (χ4n) is 2.54. The summed E-state index contributed by atoms with van der Waals surface area (Å²) in [5.41, 5.74) is -1.14. The highest BCUT2D eigenvalue weighted by Crippen LogP contribution is 2.35. The molecule has 0 aromatic heterocycles. The molecule has 0 spiro atoms. The molecule has 1 heterocycles. The molecule has 1 aliphatic rings. The second-order valence-electron chi connectivity index (χ2n) is 6.05. The third-order valence-electron chi connectivity index (χ3n) is 3.55. The Morgan fingerprint density at radius 3 is 2.48 bits per heavy atom. The summed E-state index contributed by atoms with van der Waals surface area (Å²) in [5, 5.41) is 2.79. The lowest BCUT2D eigenvalue weighted by molar-refractivity contribution is -0.138. The van der Waals surface area contributed by atoms with Gasteiger partial charge in [0, 0.05) is 0 Å². The van der Waals surface area contributed by atoms with Gasteiger partial charge in [0.25, 0.3) is 5.91 Å². The minimum atomic E-state index is -1.10. The van der Waals surface area contributed by atoms with E-state index in [1.165, 1.54) is 23.1 Å². The Labute approximate surface area is 128 Å². The number of nitrogens with one attached hydrogen (secondary N) is 1. The van der Waals surface area contributed by atoms with Crippen LogP contribution in [0.1, 0.15) is 27.7 Å². The highest BCUT2D eigenvalue weighted by Gasteiger charge is 2.48. The van der Waals surface area contributed by atoms with Crippen molar-refractivity contribution in [3.8, 4) is 0 Å². The van der Waals surface area contributed by atoms with Crippen LogP contribution in [0.2, 0.25) is 5.02 Å². The number of halogens is 2. The molecule has 1 saturated heterocycles. The Morgan fingerprint density at radius 1 is 1.33 bits per heavy atom. The molecule has 1 fully saturated rings. The van der Waals surface area contributed by atoms with Crippen molar-refractivity contribution in [2.45, 2.75) is 39.3 Å². The molecule has 2 rings (SSSR count). The number of hydrogen-bond acceptors (Lipinski definition) is 2. The largest absolute Gasteiger partial charge is 0.340 e. The van der Waals surface area contributed by atoms with Gasteiger partial charge in [-0.3, -0.25) is 14.5 Å². The van der Waals surface area contributed by atoms with E-state index in [2.05, 4.69) is 5.32 Å². The number of amides is 2. The van der Waals surface area contributed by atoms with E-state index in [0.29, 0.717) is 0 Å². The van der Waals surface area contributed by atoms with Crippen molar-refractivity contribution < 1.29 is 14.0 Å². The summed E-state index contributed by atoms with van der Waals surface area (Å²) in [6.45, 7) is 6.78. The number of rotatable bonds is 2. The maximum atomic E-state index is 14.2. The highest BCUT2D eigenvalue weighted by atomic mass is 35.5. The molecule has 1 aromatic carbocycles. The predicted octanol–water partition coefficient (Wildman–Crippen LogP) is 2.75. The second-order valence-corrected chi connectivity index (χ2v) is 6.46. The molecular formula is C15H18ClFN2O2. The van der Waals surface area contributed by atoms with Crippen LogP contribution >= 0.6 is 11.6 Å². The van der Waals surface area contributed by atoms with Crippen molar-refractivity contribution in [1.82, 2.24) is 5.32 Å². The van der Waals surface area contributed by atoms with E-state index in [1.54, 1.807) is 27.7 Å². The lowest BCUT2D eigenvalue weighted by Gasteiger charge is -2.44. The molecule has 21 heavy (non-hydrogen) atoms. The Hall–Kier alpha value is -1.62. The molecule has 0 aliphatic carbocycles. The number of carbonyl (C=O) groups excluding carboxylic acids is 2. The zero-order valence-electron chi connectivity index (χ0n) is 12.4. The third-order valence-corrected chi connectivity index (χ3v) is 3.85. The maximum absolute atomic E-state index is 14.2. The summed E-state index contributed by atoms with van der Waals surface area (Å²) >= 11 is 6.07. The fourth-order valence-corrected chi connectivity index (χ4v) is 2.79. The summed E-state index contributed by atoms with van der Waals surface area (Å²) in [4.78, 5) is 26.2. The van der Waals surface area contributed by atoms with Gasteiger partial charge >= 0.3 is 0 Å². The zero-order valence-corrected chi connectivity index (χ0v) is 13.2. The van der Waals surface area contributed by atoms with E-state index in [-0.39, 0.29) is 28.4 Å². The van der Waals surface area contributed by atoms with Crippen LogP contribution in [-0.2, 0) is 9.59 Å². The van der Waals surface area contributed by atoms with Crippen molar-refractivity contribution >= 4 is 29.1 Å². The van der Waals surface area contributed by atoms with Crippen LogP contribution in [-0.4, -0.2) is 23.4 Å². The van der Waals surface area contributed by atoms with Crippen molar-refractivity contribution in [1.29, 1.82) is 0 Å². The number of nitrogens with zero attached hydrogens (tertiary/aromatic N) is 1. The summed E-state index contributed by atoms with van der Waals surface area (Å²) in [7, 11) is 0. The Balaban J connectivity index is 2.64. The van der Waals surface area contributed by atoms with Gasteiger partial charge in [-0.25, -0.2) is 4.39 Å². The summed E-state index contributed by atoms with van der Waals surface area (Å²) in [5.74, 6) is -1.49. The summed E-state index contributed by atoms with van der Waals surface area (Å²) in [6.07, 6.45) is 0. The first-order valence-corrected chi connectivity index (χ1v) is 7.14. The summed E-state index contributed by atoms with van der Waals surface area (Å²) < 4.78 is 14.2. The molecule has 1 atom stereocenters. The van der Waals surface area contributed by atoms with Crippen LogP contribution in [0.3, 0.4) is 0 Å². The molecule has 0 saturated carbocycles. The van der Waals surface area contributed by atoms with E-state index >= 15 is 0 Å². The third kappa shape index (κ3) is 2.62. The highest BCUT2D eigenvalue weighted by molar-refractivity contribution is 6.34. The molecule has 4 nitrogen and oxygen atoms in total. The zero-order chi connectivity index (χ0) is 15.9. The summed E-state index contributed by atoms with van der Waals surface area (Å²) in [6, 6.07) is 3.40. The van der Waals surface area contributed by atoms with Gasteiger partial charge < -0.3 is 5.32 Å². The average molecular weight is 313 g/mol. The van der Waals surface area contributed by atoms with Gasteiger partial charge in [0.05, 0.1) is 10.7 Å². The number of anilines is 1. The van der Waals surface area contributed by atoms with Gasteiger partial charge in [-0.1, -0.05) is 31.5 Å². The van der Waals surface area contributed by atoms with Crippen LogP contribution < -0.4 is 10.2 Å². The Kier molecular flexibility index (Phi) is 3.97. The van der Waals surface area contributed by atoms with Gasteiger partial charge in [-0.2, -0.15) is 0 Å². The molecule has 1 aliphatic heterocycles. The van der Waals surface area contributed by atoms with Gasteiger partial charge in [-0.15, -0.1) is 0 Å². The van der Waals surface area contributed by atoms with Crippen LogP contribution in [0.5, 0.6) is 0 Å². The van der Waals surface area contributed by atoms with Crippen molar-refractivity contribution in [3.63, 3.8) is 0 Å². The molecular weight excluding hydrogens is 295 g/mol. The van der Waals surface area contributed by atoms with Crippen LogP contribution in [0.25, 0.3) is 0 Å². The number of hydrogen-bond donors (Lipinski definition) is 1. The smallest absolute Gasteiger partial charge is 0.253 e. The van der Waals surface area contributed by atoms with E-state index in [9.17, 15) is 14.0 Å². The van der Waals surface area contributed by atoms with E-state index in [0.717, 1.165) is 0 Å². The lowest BCUT2D eigenvalue weighted by atomic mass is 9.91.